The summed E-state index contributed by atoms with van der Waals surface area (Å²) in [7, 11) is 0. The van der Waals surface area contributed by atoms with Gasteiger partial charge in [-0.05, 0) is 41.8 Å². The van der Waals surface area contributed by atoms with E-state index in [0.29, 0.717) is 17.7 Å². The molecule has 1 aliphatic heterocycles. The number of cyclic esters (lactones) is 1. The molecule has 0 spiro atoms. The van der Waals surface area contributed by atoms with Crippen LogP contribution < -0.4 is 79.9 Å². The number of phenols is 1. The fourth-order valence-corrected chi connectivity index (χ4v) is 4.15. The second kappa shape index (κ2) is 12.3. The largest absolute Gasteiger partial charge is 1.00 e. The molecule has 4 N–H and O–H groups in total. The van der Waals surface area contributed by atoms with E-state index in [9.17, 15) is 9.90 Å². The minimum atomic E-state index is -0.234. The molecule has 4 aromatic rings. The van der Waals surface area contributed by atoms with Crippen LogP contribution in [0.1, 0.15) is 24.5 Å². The maximum Gasteiger partial charge on any atom is 1.00 e. The Hall–Kier alpha value is -2.28. The van der Waals surface area contributed by atoms with Gasteiger partial charge in [-0.3, -0.25) is 4.79 Å². The molecule has 1 saturated heterocycles. The molecule has 0 saturated carbocycles. The van der Waals surface area contributed by atoms with E-state index in [2.05, 4.69) is 15.4 Å². The number of anilines is 1. The third-order valence-corrected chi connectivity index (χ3v) is 5.91. The SMILES string of the molecule is CCc1cc(O)ccc1N=C(N)c1cnn2cc(-c3ccccc3)cc2c1NC1COC(=O)C1.[CH3-].[Cs+]. The number of carbonyl (C=O) groups is 1. The summed E-state index contributed by atoms with van der Waals surface area (Å²) in [6.07, 6.45) is 4.60. The molecule has 1 unspecified atom stereocenters. The first-order chi connectivity index (χ1) is 16.5. The number of aliphatic imine (C=N–C) groups is 1. The molecule has 0 bridgehead atoms. The summed E-state index contributed by atoms with van der Waals surface area (Å²) in [6.45, 7) is 2.28. The number of nitrogens with zero attached hydrogens (tertiary/aromatic N) is 3. The van der Waals surface area contributed by atoms with Gasteiger partial charge in [0.25, 0.3) is 0 Å². The van der Waals surface area contributed by atoms with Gasteiger partial charge >= 0.3 is 74.9 Å². The zero-order chi connectivity index (χ0) is 23.7. The Morgan fingerprint density at radius 1 is 1.22 bits per heavy atom. The first-order valence-electron chi connectivity index (χ1n) is 11.2. The number of esters is 1. The van der Waals surface area contributed by atoms with Crippen LogP contribution in [0.25, 0.3) is 16.6 Å². The number of aromatic nitrogens is 2. The smallest absolute Gasteiger partial charge is 0.508 e. The number of nitrogens with one attached hydrogen (secondary N) is 1. The summed E-state index contributed by atoms with van der Waals surface area (Å²) in [5, 5.41) is 17.8. The Morgan fingerprint density at radius 3 is 2.69 bits per heavy atom. The quantitative estimate of drug-likeness (QED) is 0.133. The van der Waals surface area contributed by atoms with Crippen LogP contribution in [0, 0.1) is 7.43 Å². The van der Waals surface area contributed by atoms with E-state index < -0.39 is 0 Å². The number of amidine groups is 1. The van der Waals surface area contributed by atoms with Crippen molar-refractivity contribution in [3.05, 3.63) is 85.5 Å². The van der Waals surface area contributed by atoms with Crippen LogP contribution in [0.4, 0.5) is 11.4 Å². The number of fused-ring (bicyclic) bond motifs is 1. The van der Waals surface area contributed by atoms with E-state index in [4.69, 9.17) is 10.5 Å². The Bertz CT molecular complexity index is 1400. The summed E-state index contributed by atoms with van der Waals surface area (Å²) in [4.78, 5) is 16.4. The molecule has 8 nitrogen and oxygen atoms in total. The molecule has 2 aromatic heterocycles. The number of nitrogens with two attached hydrogens (primary N) is 1. The summed E-state index contributed by atoms with van der Waals surface area (Å²) in [6, 6.07) is 16.9. The van der Waals surface area contributed by atoms with Gasteiger partial charge in [0.15, 0.2) is 0 Å². The second-order valence-corrected chi connectivity index (χ2v) is 8.25. The molecule has 1 aliphatic rings. The zero-order valence-electron chi connectivity index (χ0n) is 20.7. The predicted octanol–water partition coefficient (Wildman–Crippen LogP) is 1.49. The molecule has 1 fully saturated rings. The number of rotatable bonds is 6. The second-order valence-electron chi connectivity index (χ2n) is 8.25. The average Bonchev–Trinajstić information content (AvgIpc) is 3.47. The molecule has 9 heteroatoms. The molecule has 1 atom stereocenters. The van der Waals surface area contributed by atoms with Crippen molar-refractivity contribution in [3.8, 4) is 16.9 Å². The Morgan fingerprint density at radius 2 is 2.00 bits per heavy atom. The predicted molar refractivity (Wildman–Crippen MR) is 138 cm³/mol. The summed E-state index contributed by atoms with van der Waals surface area (Å²) in [5.41, 5.74) is 12.3. The van der Waals surface area contributed by atoms with Gasteiger partial charge in [0.2, 0.25) is 0 Å². The normalized spacial score (nSPS) is 15.2. The van der Waals surface area contributed by atoms with Crippen LogP contribution in [0.5, 0.6) is 5.75 Å². The molecule has 0 radical (unpaired) electrons. The van der Waals surface area contributed by atoms with E-state index in [1.165, 1.54) is 0 Å². The van der Waals surface area contributed by atoms with Crippen molar-refractivity contribution in [2.45, 2.75) is 25.8 Å². The van der Waals surface area contributed by atoms with Gasteiger partial charge in [0, 0.05) is 11.8 Å². The van der Waals surface area contributed by atoms with Gasteiger partial charge in [-0.15, -0.1) is 0 Å². The van der Waals surface area contributed by atoms with Crippen molar-refractivity contribution in [2.24, 2.45) is 10.7 Å². The molecule has 180 valence electrons. The van der Waals surface area contributed by atoms with Crippen LogP contribution >= 0.6 is 0 Å². The van der Waals surface area contributed by atoms with Gasteiger partial charge in [-0.1, -0.05) is 37.3 Å². The van der Waals surface area contributed by atoms with E-state index in [1.807, 2.05) is 49.5 Å². The number of phenolic OH excluding ortho intramolecular Hbond substituents is 1. The summed E-state index contributed by atoms with van der Waals surface area (Å²) >= 11 is 0. The van der Waals surface area contributed by atoms with Gasteiger partial charge in [-0.25, -0.2) is 9.51 Å². The molecule has 0 aliphatic carbocycles. The molecule has 5 rings (SSSR count). The number of hydrogen-bond donors (Lipinski definition) is 3. The van der Waals surface area contributed by atoms with Crippen molar-refractivity contribution in [2.75, 3.05) is 11.9 Å². The number of ether oxygens (including phenoxy) is 1. The molecular formula is C27H28CsN5O3. The van der Waals surface area contributed by atoms with Gasteiger partial charge < -0.3 is 28.3 Å². The standard InChI is InChI=1S/C26H25N5O3.CH3.Cs/c1-2-16-10-20(32)8-9-22(16)30-26(27)21-13-28-31-14-18(17-6-4-3-5-7-17)11-23(31)25(21)29-19-12-24(33)34-15-19;;/h3-11,13-14,19,29,32H,2,12,15H2,1H3,(H2,27,30);1H3;/q;-1;+1. The summed E-state index contributed by atoms with van der Waals surface area (Å²) in [5.74, 6) is 0.237. The number of aromatic hydroxyl groups is 1. The average molecular weight is 603 g/mol. The molecule has 36 heavy (non-hydrogen) atoms. The number of benzene rings is 2. The topological polar surface area (TPSA) is 114 Å². The zero-order valence-corrected chi connectivity index (χ0v) is 27.0. The summed E-state index contributed by atoms with van der Waals surface area (Å²) < 4.78 is 6.94. The van der Waals surface area contributed by atoms with E-state index >= 15 is 0 Å². The van der Waals surface area contributed by atoms with Crippen molar-refractivity contribution >= 4 is 28.7 Å². The minimum absolute atomic E-state index is 0. The third-order valence-electron chi connectivity index (χ3n) is 5.91. The van der Waals surface area contributed by atoms with E-state index in [0.717, 1.165) is 27.9 Å². The molecular weight excluding hydrogens is 575 g/mol. The van der Waals surface area contributed by atoms with Crippen molar-refractivity contribution < 1.29 is 83.5 Å². The third kappa shape index (κ3) is 5.99. The first-order valence-corrected chi connectivity index (χ1v) is 11.2. The van der Waals surface area contributed by atoms with Crippen molar-refractivity contribution in [3.63, 3.8) is 0 Å². The number of carbonyl (C=O) groups excluding carboxylic acids is 1. The Kier molecular flexibility index (Phi) is 9.67. The number of hydrogen-bond acceptors (Lipinski definition) is 6. The number of aryl methyl sites for hydroxylation is 1. The van der Waals surface area contributed by atoms with Crippen LogP contribution in [-0.2, 0) is 16.0 Å². The van der Waals surface area contributed by atoms with Crippen LogP contribution in [0.15, 0.2) is 72.0 Å². The molecule has 0 amide bonds. The minimum Gasteiger partial charge on any atom is -0.508 e. The molecule has 2 aromatic carbocycles. The van der Waals surface area contributed by atoms with Crippen LogP contribution in [-0.4, -0.2) is 39.2 Å². The van der Waals surface area contributed by atoms with Crippen molar-refractivity contribution in [1.29, 1.82) is 0 Å². The maximum atomic E-state index is 11.7. The van der Waals surface area contributed by atoms with Crippen LogP contribution in [0.2, 0.25) is 0 Å². The van der Waals surface area contributed by atoms with Crippen LogP contribution in [0.3, 0.4) is 0 Å². The van der Waals surface area contributed by atoms with E-state index in [1.54, 1.807) is 28.9 Å². The fraction of sp³-hybridized carbons (Fsp3) is 0.185. The maximum absolute atomic E-state index is 11.7. The monoisotopic (exact) mass is 603 g/mol. The van der Waals surface area contributed by atoms with Gasteiger partial charge in [-0.2, -0.15) is 5.10 Å². The van der Waals surface area contributed by atoms with Gasteiger partial charge in [0.1, 0.15) is 18.2 Å². The fourth-order valence-electron chi connectivity index (χ4n) is 4.15. The molecule has 3 heterocycles. The van der Waals surface area contributed by atoms with Gasteiger partial charge in [0.05, 0.1) is 41.1 Å². The van der Waals surface area contributed by atoms with E-state index in [-0.39, 0.29) is 113 Å². The Balaban J connectivity index is 0.00000180. The van der Waals surface area contributed by atoms with Crippen molar-refractivity contribution in [1.82, 2.24) is 9.61 Å². The Labute approximate surface area is 269 Å². The first kappa shape index (κ1) is 28.3.